The monoisotopic (exact) mass is 415 g/mol. The molecule has 0 radical (unpaired) electrons. The van der Waals surface area contributed by atoms with Gasteiger partial charge >= 0.3 is 0 Å². The van der Waals surface area contributed by atoms with Gasteiger partial charge < -0.3 is 9.88 Å². The topological polar surface area (TPSA) is 102 Å². The Labute approximate surface area is 177 Å². The van der Waals surface area contributed by atoms with E-state index in [2.05, 4.69) is 5.32 Å². The minimum atomic E-state index is -0.567. The van der Waals surface area contributed by atoms with E-state index in [0.29, 0.717) is 29.6 Å². The van der Waals surface area contributed by atoms with Crippen LogP contribution < -0.4 is 15.8 Å². The van der Waals surface area contributed by atoms with Gasteiger partial charge in [-0.05, 0) is 23.8 Å². The van der Waals surface area contributed by atoms with Crippen molar-refractivity contribution in [3.8, 4) is 12.1 Å². The van der Waals surface area contributed by atoms with E-state index in [-0.39, 0.29) is 42.0 Å². The fourth-order valence-corrected chi connectivity index (χ4v) is 3.72. The Morgan fingerprint density at radius 2 is 1.87 bits per heavy atom. The Balaban J connectivity index is 1.94. The Kier molecular flexibility index (Phi) is 5.48. The summed E-state index contributed by atoms with van der Waals surface area (Å²) in [6.45, 7) is 0.840. The lowest BCUT2D eigenvalue weighted by Gasteiger charge is -2.32. The van der Waals surface area contributed by atoms with Gasteiger partial charge in [0.1, 0.15) is 24.0 Å². The van der Waals surface area contributed by atoms with Crippen LogP contribution in [0.15, 0.2) is 53.3 Å². The van der Waals surface area contributed by atoms with Gasteiger partial charge in [0.15, 0.2) is 0 Å². The van der Waals surface area contributed by atoms with Crippen molar-refractivity contribution >= 4 is 22.5 Å². The van der Waals surface area contributed by atoms with Crippen LogP contribution in [0.25, 0.3) is 10.9 Å². The van der Waals surface area contributed by atoms with Gasteiger partial charge in [-0.15, -0.1) is 0 Å². The van der Waals surface area contributed by atoms with Crippen LogP contribution in [0, 0.1) is 34.4 Å². The second-order valence-electron chi connectivity index (χ2n) is 7.31. The smallest absolute Gasteiger partial charge is 0.271 e. The zero-order valence-electron chi connectivity index (χ0n) is 16.5. The number of anilines is 1. The molecule has 0 spiro atoms. The molecule has 1 aromatic heterocycles. The second-order valence-corrected chi connectivity index (χ2v) is 7.31. The summed E-state index contributed by atoms with van der Waals surface area (Å²) in [6, 6.07) is 16.6. The van der Waals surface area contributed by atoms with Gasteiger partial charge in [-0.3, -0.25) is 14.5 Å². The van der Waals surface area contributed by atoms with Crippen LogP contribution in [-0.4, -0.2) is 30.1 Å². The molecule has 0 unspecified atom stereocenters. The summed E-state index contributed by atoms with van der Waals surface area (Å²) in [5.41, 5.74) is 0.612. The number of pyridine rings is 1. The fourth-order valence-electron chi connectivity index (χ4n) is 3.72. The number of carbonyl (C=O) groups excluding carboxylic acids is 1. The average Bonchev–Trinajstić information content (AvgIpc) is 2.74. The molecule has 31 heavy (non-hydrogen) atoms. The number of para-hydroxylation sites is 1. The molecule has 2 aromatic carbocycles. The largest absolute Gasteiger partial charge is 0.315 e. The van der Waals surface area contributed by atoms with Crippen LogP contribution in [0.3, 0.4) is 0 Å². The normalized spacial score (nSPS) is 13.3. The van der Waals surface area contributed by atoms with Crippen LogP contribution in [0.5, 0.6) is 0 Å². The highest BCUT2D eigenvalue weighted by molar-refractivity contribution is 6.06. The Hall–Kier alpha value is -4.01. The first-order valence-electron chi connectivity index (χ1n) is 9.74. The van der Waals surface area contributed by atoms with Crippen molar-refractivity contribution in [3.05, 3.63) is 75.8 Å². The first kappa shape index (κ1) is 20.3. The van der Waals surface area contributed by atoms with E-state index in [4.69, 9.17) is 0 Å². The summed E-state index contributed by atoms with van der Waals surface area (Å²) in [5, 5.41) is 22.7. The molecule has 0 atom stereocenters. The van der Waals surface area contributed by atoms with Gasteiger partial charge in [0.05, 0.1) is 29.7 Å². The molecule has 1 saturated heterocycles. The van der Waals surface area contributed by atoms with Crippen molar-refractivity contribution in [1.82, 2.24) is 9.88 Å². The number of nitrogens with one attached hydrogen (secondary N) is 1. The molecule has 1 aliphatic rings. The Morgan fingerprint density at radius 1 is 1.16 bits per heavy atom. The van der Waals surface area contributed by atoms with E-state index < -0.39 is 5.56 Å². The maximum atomic E-state index is 13.3. The van der Waals surface area contributed by atoms with Gasteiger partial charge in [0.2, 0.25) is 5.91 Å². The summed E-state index contributed by atoms with van der Waals surface area (Å²) in [4.78, 5) is 27.6. The third kappa shape index (κ3) is 3.65. The van der Waals surface area contributed by atoms with E-state index in [1.165, 1.54) is 21.6 Å². The van der Waals surface area contributed by atoms with E-state index in [9.17, 15) is 24.5 Å². The van der Waals surface area contributed by atoms with Crippen molar-refractivity contribution in [1.29, 1.82) is 10.5 Å². The van der Waals surface area contributed by atoms with Crippen molar-refractivity contribution in [2.45, 2.75) is 6.54 Å². The highest BCUT2D eigenvalue weighted by Gasteiger charge is 2.33. The molecule has 7 nitrogen and oxygen atoms in total. The zero-order chi connectivity index (χ0) is 22.0. The van der Waals surface area contributed by atoms with Gasteiger partial charge in [0, 0.05) is 18.5 Å². The molecule has 0 saturated carbocycles. The summed E-state index contributed by atoms with van der Waals surface area (Å²) in [6.07, 6.45) is 0. The Morgan fingerprint density at radius 3 is 2.48 bits per heavy atom. The number of rotatable bonds is 5. The number of nitrogens with zero attached hydrogens (tertiary/aromatic N) is 4. The number of nitriles is 2. The van der Waals surface area contributed by atoms with Gasteiger partial charge in [0.25, 0.3) is 5.56 Å². The number of carbonyl (C=O) groups is 1. The molecule has 2 heterocycles. The molecular weight excluding hydrogens is 397 g/mol. The zero-order valence-corrected chi connectivity index (χ0v) is 16.5. The second kappa shape index (κ2) is 8.39. The SMILES string of the molecule is N#CCN(C(=O)C1CNC1)c1c(C#N)c(=O)n(Cc2ccc(F)cc2)c2ccccc12. The van der Waals surface area contributed by atoms with Crippen molar-refractivity contribution in [3.63, 3.8) is 0 Å². The summed E-state index contributed by atoms with van der Waals surface area (Å²) < 4.78 is 14.7. The van der Waals surface area contributed by atoms with E-state index >= 15 is 0 Å². The molecule has 8 heteroatoms. The number of benzene rings is 2. The number of hydrogen-bond donors (Lipinski definition) is 1. The van der Waals surface area contributed by atoms with Gasteiger partial charge in [-0.2, -0.15) is 10.5 Å². The predicted molar refractivity (Wildman–Crippen MR) is 113 cm³/mol. The lowest BCUT2D eigenvalue weighted by atomic mass is 9.99. The van der Waals surface area contributed by atoms with Crippen molar-refractivity contribution < 1.29 is 9.18 Å². The number of amides is 1. The molecule has 1 amide bonds. The Bertz CT molecular complexity index is 1300. The van der Waals surface area contributed by atoms with Crippen LogP contribution in [0.2, 0.25) is 0 Å². The van der Waals surface area contributed by atoms with Gasteiger partial charge in [-0.25, -0.2) is 4.39 Å². The quantitative estimate of drug-likeness (QED) is 0.644. The molecule has 1 fully saturated rings. The summed E-state index contributed by atoms with van der Waals surface area (Å²) >= 11 is 0. The van der Waals surface area contributed by atoms with Crippen LogP contribution in [0.1, 0.15) is 11.1 Å². The molecule has 1 aliphatic heterocycles. The highest BCUT2D eigenvalue weighted by Crippen LogP contribution is 2.30. The van der Waals surface area contributed by atoms with Crippen LogP contribution >= 0.6 is 0 Å². The molecule has 1 N–H and O–H groups in total. The predicted octanol–water partition coefficient (Wildman–Crippen LogP) is 2.14. The van der Waals surface area contributed by atoms with E-state index in [1.54, 1.807) is 36.4 Å². The molecule has 0 aliphatic carbocycles. The molecule has 0 bridgehead atoms. The number of halogens is 1. The standard InChI is InChI=1S/C23H18FN5O2/c24-17-7-5-15(6-8-17)14-29-20-4-2-1-3-18(20)21(19(11-26)23(29)31)28(10-9-25)22(30)16-12-27-13-16/h1-8,16,27H,10,12-14H2. The minimum absolute atomic E-state index is 0.132. The number of fused-ring (bicyclic) bond motifs is 1. The molecular formula is C23H18FN5O2. The first-order chi connectivity index (χ1) is 15.0. The maximum absolute atomic E-state index is 13.3. The third-order valence-corrected chi connectivity index (χ3v) is 5.41. The van der Waals surface area contributed by atoms with E-state index in [1.807, 2.05) is 12.1 Å². The third-order valence-electron chi connectivity index (χ3n) is 5.41. The fraction of sp³-hybridized carbons (Fsp3) is 0.217. The van der Waals surface area contributed by atoms with Crippen molar-refractivity contribution in [2.24, 2.45) is 5.92 Å². The maximum Gasteiger partial charge on any atom is 0.271 e. The lowest BCUT2D eigenvalue weighted by Crippen LogP contribution is -2.52. The van der Waals surface area contributed by atoms with Crippen LogP contribution in [0.4, 0.5) is 10.1 Å². The number of hydrogen-bond acceptors (Lipinski definition) is 5. The summed E-state index contributed by atoms with van der Waals surface area (Å²) in [5.74, 6) is -0.983. The molecule has 154 valence electrons. The van der Waals surface area contributed by atoms with Gasteiger partial charge in [-0.1, -0.05) is 30.3 Å². The van der Waals surface area contributed by atoms with Crippen LogP contribution in [-0.2, 0) is 11.3 Å². The lowest BCUT2D eigenvalue weighted by molar-refractivity contribution is -0.123. The van der Waals surface area contributed by atoms with E-state index in [0.717, 1.165) is 0 Å². The minimum Gasteiger partial charge on any atom is -0.315 e. The first-order valence-corrected chi connectivity index (χ1v) is 9.74. The summed E-state index contributed by atoms with van der Waals surface area (Å²) in [7, 11) is 0. The highest BCUT2D eigenvalue weighted by atomic mass is 19.1. The number of aromatic nitrogens is 1. The molecule has 3 aromatic rings. The molecule has 4 rings (SSSR count). The average molecular weight is 415 g/mol. The van der Waals surface area contributed by atoms with Crippen molar-refractivity contribution in [2.75, 3.05) is 24.5 Å².